The smallest absolute Gasteiger partial charge is 0.196 e. The fourth-order valence-corrected chi connectivity index (χ4v) is 4.40. The molecule has 0 amide bonds. The van der Waals surface area contributed by atoms with Crippen molar-refractivity contribution in [3.8, 4) is 17.1 Å². The maximum absolute atomic E-state index is 12.9. The predicted molar refractivity (Wildman–Crippen MR) is 128 cm³/mol. The second-order valence-corrected chi connectivity index (χ2v) is 8.43. The van der Waals surface area contributed by atoms with Crippen molar-refractivity contribution in [3.63, 3.8) is 0 Å². The minimum atomic E-state index is 0.0599. The predicted octanol–water partition coefficient (Wildman–Crippen LogP) is 5.77. The number of nitrogens with zero attached hydrogens (tertiary/aromatic N) is 4. The fourth-order valence-electron chi connectivity index (χ4n) is 3.55. The lowest BCUT2D eigenvalue weighted by Crippen LogP contribution is -2.05. The Hall–Kier alpha value is -3.77. The molecule has 0 aliphatic heterocycles. The number of aryl methyl sites for hydroxylation is 1. The second kappa shape index (κ2) is 8.77. The molecule has 0 spiro atoms. The van der Waals surface area contributed by atoms with Gasteiger partial charge in [0.15, 0.2) is 16.8 Å². The number of carbonyl (C=O) groups is 1. The van der Waals surface area contributed by atoms with E-state index in [9.17, 15) is 4.79 Å². The van der Waals surface area contributed by atoms with Gasteiger partial charge in [-0.15, -0.1) is 10.2 Å². The Balaban J connectivity index is 1.45. The van der Waals surface area contributed by atoms with Crippen molar-refractivity contribution < 1.29 is 4.79 Å². The Kier molecular flexibility index (Phi) is 5.52. The first-order valence-corrected chi connectivity index (χ1v) is 11.3. The van der Waals surface area contributed by atoms with Gasteiger partial charge in [-0.3, -0.25) is 14.3 Å². The van der Waals surface area contributed by atoms with Crippen LogP contribution in [0, 0.1) is 6.92 Å². The van der Waals surface area contributed by atoms with Gasteiger partial charge < -0.3 is 0 Å². The minimum Gasteiger partial charge on any atom is -0.293 e. The van der Waals surface area contributed by atoms with Crippen molar-refractivity contribution in [2.45, 2.75) is 12.1 Å². The molecule has 5 aromatic rings. The molecule has 6 heteroatoms. The molecule has 0 N–H and O–H groups in total. The summed E-state index contributed by atoms with van der Waals surface area (Å²) in [5.41, 5.74) is 3.74. The van der Waals surface area contributed by atoms with Crippen molar-refractivity contribution in [3.05, 3.63) is 102 Å². The quantitative estimate of drug-likeness (QED) is 0.250. The van der Waals surface area contributed by atoms with E-state index in [2.05, 4.69) is 34.2 Å². The van der Waals surface area contributed by atoms with Gasteiger partial charge in [-0.05, 0) is 48.0 Å². The van der Waals surface area contributed by atoms with Gasteiger partial charge in [-0.1, -0.05) is 65.9 Å². The number of pyridine rings is 1. The molecule has 5 rings (SSSR count). The van der Waals surface area contributed by atoms with Gasteiger partial charge >= 0.3 is 0 Å². The van der Waals surface area contributed by atoms with Gasteiger partial charge in [0.1, 0.15) is 0 Å². The molecule has 3 aromatic carbocycles. The highest BCUT2D eigenvalue weighted by atomic mass is 32.2. The molecule has 0 radical (unpaired) electrons. The Morgan fingerprint density at radius 2 is 1.62 bits per heavy atom. The SMILES string of the molecule is Cc1ccc(-n2c(SCC(=O)c3ccc4ccccc4c3)nnc2-c2ccncc2)cc1. The lowest BCUT2D eigenvalue weighted by Gasteiger charge is -2.10. The molecule has 2 aromatic heterocycles. The maximum atomic E-state index is 12.9. The number of carbonyl (C=O) groups excluding carboxylic acids is 1. The number of benzene rings is 3. The van der Waals surface area contributed by atoms with Crippen molar-refractivity contribution >= 4 is 28.3 Å². The molecule has 0 bridgehead atoms. The number of ketones is 1. The van der Waals surface area contributed by atoms with Crippen LogP contribution in [0.2, 0.25) is 0 Å². The van der Waals surface area contributed by atoms with E-state index < -0.39 is 0 Å². The topological polar surface area (TPSA) is 60.7 Å². The third kappa shape index (κ3) is 4.05. The van der Waals surface area contributed by atoms with Crippen LogP contribution in [0.5, 0.6) is 0 Å². The van der Waals surface area contributed by atoms with E-state index >= 15 is 0 Å². The molecule has 0 aliphatic carbocycles. The summed E-state index contributed by atoms with van der Waals surface area (Å²) in [7, 11) is 0. The van der Waals surface area contributed by atoms with Crippen LogP contribution in [0.25, 0.3) is 27.8 Å². The van der Waals surface area contributed by atoms with Crippen LogP contribution < -0.4 is 0 Å². The number of Topliss-reactive ketones (excluding diaryl/α,β-unsaturated/α-hetero) is 1. The molecular formula is C26H20N4OS. The zero-order chi connectivity index (χ0) is 21.9. The third-order valence-electron chi connectivity index (χ3n) is 5.27. The zero-order valence-electron chi connectivity index (χ0n) is 17.5. The number of thioether (sulfide) groups is 1. The molecule has 0 saturated heterocycles. The highest BCUT2D eigenvalue weighted by Crippen LogP contribution is 2.28. The van der Waals surface area contributed by atoms with Crippen molar-refractivity contribution in [2.75, 3.05) is 5.75 Å². The molecule has 156 valence electrons. The maximum Gasteiger partial charge on any atom is 0.196 e. The van der Waals surface area contributed by atoms with Gasteiger partial charge in [-0.25, -0.2) is 0 Å². The Bertz CT molecular complexity index is 1390. The summed E-state index contributed by atoms with van der Waals surface area (Å²) in [6.45, 7) is 2.05. The van der Waals surface area contributed by atoms with E-state index in [-0.39, 0.29) is 11.5 Å². The van der Waals surface area contributed by atoms with Gasteiger partial charge in [0.25, 0.3) is 0 Å². The number of hydrogen-bond acceptors (Lipinski definition) is 5. The first kappa shape index (κ1) is 20.2. The Labute approximate surface area is 190 Å². The zero-order valence-corrected chi connectivity index (χ0v) is 18.3. The fraction of sp³-hybridized carbons (Fsp3) is 0.0769. The lowest BCUT2D eigenvalue weighted by molar-refractivity contribution is 0.102. The number of fused-ring (bicyclic) bond motifs is 1. The molecular weight excluding hydrogens is 416 g/mol. The van der Waals surface area contributed by atoms with Crippen molar-refractivity contribution in [2.24, 2.45) is 0 Å². The standard InChI is InChI=1S/C26H20N4OS/c1-18-6-10-23(11-7-18)30-25(20-12-14-27-15-13-20)28-29-26(30)32-17-24(31)22-9-8-19-4-2-3-5-21(19)16-22/h2-16H,17H2,1H3. The lowest BCUT2D eigenvalue weighted by atomic mass is 10.1. The normalized spacial score (nSPS) is 11.0. The summed E-state index contributed by atoms with van der Waals surface area (Å²) in [5.74, 6) is 1.06. The largest absolute Gasteiger partial charge is 0.293 e. The Morgan fingerprint density at radius 1 is 0.875 bits per heavy atom. The summed E-state index contributed by atoms with van der Waals surface area (Å²) in [4.78, 5) is 17.0. The van der Waals surface area contributed by atoms with Crippen LogP contribution in [0.15, 0.2) is 96.4 Å². The van der Waals surface area contributed by atoms with Crippen LogP contribution in [-0.4, -0.2) is 31.3 Å². The van der Waals surface area contributed by atoms with Crippen LogP contribution >= 0.6 is 11.8 Å². The average molecular weight is 437 g/mol. The van der Waals surface area contributed by atoms with Gasteiger partial charge in [-0.2, -0.15) is 0 Å². The summed E-state index contributed by atoms with van der Waals surface area (Å²) >= 11 is 1.39. The van der Waals surface area contributed by atoms with E-state index in [4.69, 9.17) is 0 Å². The second-order valence-electron chi connectivity index (χ2n) is 7.49. The van der Waals surface area contributed by atoms with Gasteiger partial charge in [0.2, 0.25) is 0 Å². The third-order valence-corrected chi connectivity index (χ3v) is 6.20. The Morgan fingerprint density at radius 3 is 2.41 bits per heavy atom. The summed E-state index contributed by atoms with van der Waals surface area (Å²) in [6, 6.07) is 25.9. The van der Waals surface area contributed by atoms with Crippen LogP contribution in [0.1, 0.15) is 15.9 Å². The molecule has 0 aliphatic rings. The molecule has 0 atom stereocenters. The molecule has 0 saturated carbocycles. The first-order valence-electron chi connectivity index (χ1n) is 10.3. The van der Waals surface area contributed by atoms with Crippen molar-refractivity contribution in [1.29, 1.82) is 0 Å². The van der Waals surface area contributed by atoms with E-state index in [1.807, 2.05) is 71.3 Å². The highest BCUT2D eigenvalue weighted by molar-refractivity contribution is 7.99. The van der Waals surface area contributed by atoms with E-state index in [0.29, 0.717) is 10.7 Å². The van der Waals surface area contributed by atoms with Crippen LogP contribution in [0.4, 0.5) is 0 Å². The first-order chi connectivity index (χ1) is 15.7. The summed E-state index contributed by atoms with van der Waals surface area (Å²) < 4.78 is 1.99. The van der Waals surface area contributed by atoms with Crippen LogP contribution in [0.3, 0.4) is 0 Å². The molecule has 5 nitrogen and oxygen atoms in total. The number of aromatic nitrogens is 4. The monoisotopic (exact) mass is 436 g/mol. The van der Waals surface area contributed by atoms with E-state index in [1.165, 1.54) is 17.3 Å². The van der Waals surface area contributed by atoms with Gasteiger partial charge in [0.05, 0.1) is 5.75 Å². The number of hydrogen-bond donors (Lipinski definition) is 0. The molecule has 0 unspecified atom stereocenters. The van der Waals surface area contributed by atoms with E-state index in [1.54, 1.807) is 12.4 Å². The molecule has 0 fully saturated rings. The molecule has 2 heterocycles. The average Bonchev–Trinajstić information content (AvgIpc) is 3.27. The van der Waals surface area contributed by atoms with Crippen LogP contribution in [-0.2, 0) is 0 Å². The van der Waals surface area contributed by atoms with Crippen molar-refractivity contribution in [1.82, 2.24) is 19.7 Å². The highest BCUT2D eigenvalue weighted by Gasteiger charge is 2.18. The van der Waals surface area contributed by atoms with Gasteiger partial charge in [0, 0.05) is 29.2 Å². The number of rotatable bonds is 6. The summed E-state index contributed by atoms with van der Waals surface area (Å²) in [6.07, 6.45) is 3.47. The molecule has 32 heavy (non-hydrogen) atoms. The summed E-state index contributed by atoms with van der Waals surface area (Å²) in [5, 5.41) is 11.7. The van der Waals surface area contributed by atoms with E-state index in [0.717, 1.165) is 27.8 Å². The minimum absolute atomic E-state index is 0.0599.